The van der Waals surface area contributed by atoms with Gasteiger partial charge in [0.1, 0.15) is 5.82 Å². The first kappa shape index (κ1) is 30.2. The van der Waals surface area contributed by atoms with E-state index in [-0.39, 0.29) is 23.8 Å². The number of aliphatic hydroxyl groups is 1. The van der Waals surface area contributed by atoms with Gasteiger partial charge in [0.05, 0.1) is 11.0 Å². The number of nitrogens with zero attached hydrogens (tertiary/aromatic N) is 1. The van der Waals surface area contributed by atoms with Gasteiger partial charge in [0.2, 0.25) is 10.0 Å². The molecule has 3 aromatic carbocycles. The number of carboxylic acid groups (broad SMARTS) is 1. The number of hydrogen-bond acceptors (Lipinski definition) is 5. The highest BCUT2D eigenvalue weighted by Crippen LogP contribution is 2.25. The lowest BCUT2D eigenvalue weighted by Gasteiger charge is -2.29. The highest BCUT2D eigenvalue weighted by Gasteiger charge is 2.25. The Hall–Kier alpha value is -3.37. The average molecular weight is 555 g/mol. The second kappa shape index (κ2) is 12.7. The zero-order valence-electron chi connectivity index (χ0n) is 22.6. The van der Waals surface area contributed by atoms with Crippen molar-refractivity contribution in [1.29, 1.82) is 0 Å². The fourth-order valence-corrected chi connectivity index (χ4v) is 5.43. The van der Waals surface area contributed by atoms with E-state index in [2.05, 4.69) is 5.32 Å². The van der Waals surface area contributed by atoms with Gasteiger partial charge in [-0.25, -0.2) is 17.6 Å². The van der Waals surface area contributed by atoms with Crippen LogP contribution in [-0.2, 0) is 21.2 Å². The van der Waals surface area contributed by atoms with Gasteiger partial charge in [-0.3, -0.25) is 0 Å². The molecule has 0 unspecified atom stereocenters. The van der Waals surface area contributed by atoms with Crippen LogP contribution in [0.1, 0.15) is 30.5 Å². The number of hydrogen-bond donors (Lipinski definition) is 3. The predicted molar refractivity (Wildman–Crippen MR) is 151 cm³/mol. The van der Waals surface area contributed by atoms with E-state index in [1.807, 2.05) is 26.0 Å². The Morgan fingerprint density at radius 3 is 2.41 bits per heavy atom. The monoisotopic (exact) mass is 554 g/mol. The second-order valence-electron chi connectivity index (χ2n) is 10.3. The summed E-state index contributed by atoms with van der Waals surface area (Å²) in [6.07, 6.45) is 2.07. The maximum Gasteiger partial charge on any atom is 0.328 e. The maximum atomic E-state index is 13.9. The van der Waals surface area contributed by atoms with Crippen molar-refractivity contribution in [1.82, 2.24) is 9.62 Å². The molecule has 0 aliphatic carbocycles. The van der Waals surface area contributed by atoms with Crippen molar-refractivity contribution in [3.8, 4) is 11.1 Å². The molecule has 0 aliphatic rings. The Kier molecular flexibility index (Phi) is 9.79. The molecule has 0 amide bonds. The van der Waals surface area contributed by atoms with Crippen LogP contribution < -0.4 is 5.32 Å². The summed E-state index contributed by atoms with van der Waals surface area (Å²) in [5, 5.41) is 22.7. The number of halogens is 1. The summed E-state index contributed by atoms with van der Waals surface area (Å²) in [4.78, 5) is 10.9. The Morgan fingerprint density at radius 2 is 1.74 bits per heavy atom. The number of β-amino-alcohol motifs (C(OH)–C–C–N with tert-alkyl or cyclic N) is 1. The van der Waals surface area contributed by atoms with E-state index in [9.17, 15) is 22.7 Å². The molecule has 0 radical (unpaired) electrons. The van der Waals surface area contributed by atoms with Crippen LogP contribution in [-0.4, -0.2) is 60.7 Å². The zero-order chi connectivity index (χ0) is 28.8. The summed E-state index contributed by atoms with van der Waals surface area (Å²) in [6, 6.07) is 18.7. The van der Waals surface area contributed by atoms with Crippen LogP contribution in [0.2, 0.25) is 0 Å². The van der Waals surface area contributed by atoms with Crippen molar-refractivity contribution in [2.75, 3.05) is 20.1 Å². The van der Waals surface area contributed by atoms with Crippen molar-refractivity contribution in [2.24, 2.45) is 0 Å². The van der Waals surface area contributed by atoms with Crippen LogP contribution >= 0.6 is 0 Å². The van der Waals surface area contributed by atoms with Gasteiger partial charge in [0.15, 0.2) is 0 Å². The number of rotatable bonds is 12. The van der Waals surface area contributed by atoms with Crippen molar-refractivity contribution in [3.63, 3.8) is 0 Å². The number of aliphatic hydroxyl groups excluding tert-OH is 1. The molecule has 39 heavy (non-hydrogen) atoms. The first-order chi connectivity index (χ1) is 18.3. The van der Waals surface area contributed by atoms with Gasteiger partial charge in [-0.2, -0.15) is 4.31 Å². The molecule has 0 aliphatic heterocycles. The molecule has 208 valence electrons. The lowest BCUT2D eigenvalue weighted by atomic mass is 9.94. The first-order valence-corrected chi connectivity index (χ1v) is 14.0. The summed E-state index contributed by atoms with van der Waals surface area (Å²) < 4.78 is 41.6. The fraction of sp³-hybridized carbons (Fsp3) is 0.300. The van der Waals surface area contributed by atoms with E-state index in [0.29, 0.717) is 23.1 Å². The third kappa shape index (κ3) is 8.56. The lowest BCUT2D eigenvalue weighted by Crippen LogP contribution is -2.47. The molecule has 0 saturated heterocycles. The zero-order valence-corrected chi connectivity index (χ0v) is 23.4. The molecule has 0 fully saturated rings. The topological polar surface area (TPSA) is 107 Å². The largest absolute Gasteiger partial charge is 0.478 e. The normalized spacial score (nSPS) is 13.2. The van der Waals surface area contributed by atoms with E-state index in [0.717, 1.165) is 21.5 Å². The Labute approximate surface area is 229 Å². The number of likely N-dealkylation sites (N-methyl/N-ethyl adjacent to an activating group) is 1. The Bertz CT molecular complexity index is 1450. The van der Waals surface area contributed by atoms with Crippen LogP contribution in [0.25, 0.3) is 17.2 Å². The number of benzene rings is 3. The summed E-state index contributed by atoms with van der Waals surface area (Å²) in [5.74, 6) is -1.32. The standard InChI is InChI=1S/C30H35FN2O5S/c1-21-11-12-23(16-28(21)31)18-30(2,3)32-19-26(34)20-33(4)39(37,38)27-10-6-9-25(17-27)24-8-5-7-22(15-24)13-14-29(35)36/h5-17,26,32,34H,18-20H2,1-4H3,(H,35,36)/t26-/m1/s1. The van der Waals surface area contributed by atoms with Gasteiger partial charge in [0, 0.05) is 31.8 Å². The summed E-state index contributed by atoms with van der Waals surface area (Å²) >= 11 is 0. The Morgan fingerprint density at radius 1 is 1.08 bits per heavy atom. The molecule has 1 atom stereocenters. The summed E-state index contributed by atoms with van der Waals surface area (Å²) in [7, 11) is -2.48. The van der Waals surface area contributed by atoms with Gasteiger partial charge >= 0.3 is 5.97 Å². The van der Waals surface area contributed by atoms with Crippen molar-refractivity contribution < 1.29 is 27.8 Å². The van der Waals surface area contributed by atoms with Gasteiger partial charge < -0.3 is 15.5 Å². The van der Waals surface area contributed by atoms with Crippen LogP contribution in [0, 0.1) is 12.7 Å². The predicted octanol–water partition coefficient (Wildman–Crippen LogP) is 4.49. The van der Waals surface area contributed by atoms with Crippen LogP contribution in [0.5, 0.6) is 0 Å². The number of aliphatic carboxylic acids is 1. The molecule has 0 spiro atoms. The van der Waals surface area contributed by atoms with E-state index in [1.165, 1.54) is 25.3 Å². The quantitative estimate of drug-likeness (QED) is 0.285. The third-order valence-electron chi connectivity index (χ3n) is 6.35. The number of sulfonamides is 1. The lowest BCUT2D eigenvalue weighted by molar-refractivity contribution is -0.131. The van der Waals surface area contributed by atoms with Crippen molar-refractivity contribution in [3.05, 3.63) is 95.3 Å². The van der Waals surface area contributed by atoms with Gasteiger partial charge in [-0.05, 0) is 85.4 Å². The van der Waals surface area contributed by atoms with Crippen LogP contribution in [0.3, 0.4) is 0 Å². The third-order valence-corrected chi connectivity index (χ3v) is 8.17. The average Bonchev–Trinajstić information content (AvgIpc) is 2.88. The molecule has 0 bridgehead atoms. The molecule has 3 N–H and O–H groups in total. The van der Waals surface area contributed by atoms with Gasteiger partial charge in [-0.15, -0.1) is 0 Å². The molecule has 0 aromatic heterocycles. The van der Waals surface area contributed by atoms with Crippen LogP contribution in [0.4, 0.5) is 4.39 Å². The maximum absolute atomic E-state index is 13.9. The van der Waals surface area contributed by atoms with E-state index < -0.39 is 27.6 Å². The summed E-state index contributed by atoms with van der Waals surface area (Å²) in [5.41, 5.74) is 3.02. The molecule has 0 saturated carbocycles. The molecule has 9 heteroatoms. The first-order valence-electron chi connectivity index (χ1n) is 12.5. The SMILES string of the molecule is Cc1ccc(CC(C)(C)NC[C@@H](O)CN(C)S(=O)(=O)c2cccc(-c3cccc(C=CC(=O)O)c3)c2)cc1F. The smallest absolute Gasteiger partial charge is 0.328 e. The van der Waals surface area contributed by atoms with E-state index >= 15 is 0 Å². The minimum atomic E-state index is -3.90. The molecule has 7 nitrogen and oxygen atoms in total. The fourth-order valence-electron chi connectivity index (χ4n) is 4.18. The van der Waals surface area contributed by atoms with Crippen LogP contribution in [0.15, 0.2) is 77.7 Å². The number of carboxylic acids is 1. The van der Waals surface area contributed by atoms with Crippen molar-refractivity contribution in [2.45, 2.75) is 43.7 Å². The molecule has 3 aromatic rings. The number of aryl methyl sites for hydroxylation is 1. The summed E-state index contributed by atoms with van der Waals surface area (Å²) in [6.45, 7) is 5.62. The van der Waals surface area contributed by atoms with E-state index in [1.54, 1.807) is 49.4 Å². The van der Waals surface area contributed by atoms with Gasteiger partial charge in [0.25, 0.3) is 0 Å². The molecular formula is C30H35FN2O5S. The number of nitrogens with one attached hydrogen (secondary N) is 1. The minimum Gasteiger partial charge on any atom is -0.478 e. The molecular weight excluding hydrogens is 519 g/mol. The van der Waals surface area contributed by atoms with Gasteiger partial charge in [-0.1, -0.05) is 42.5 Å². The Balaban J connectivity index is 1.65. The highest BCUT2D eigenvalue weighted by atomic mass is 32.2. The molecule has 0 heterocycles. The number of carbonyl (C=O) groups is 1. The van der Waals surface area contributed by atoms with E-state index in [4.69, 9.17) is 5.11 Å². The minimum absolute atomic E-state index is 0.0795. The van der Waals surface area contributed by atoms with Crippen molar-refractivity contribution >= 4 is 22.1 Å². The highest BCUT2D eigenvalue weighted by molar-refractivity contribution is 7.89. The molecule has 3 rings (SSSR count). The second-order valence-corrected chi connectivity index (χ2v) is 12.3.